The van der Waals surface area contributed by atoms with E-state index in [-0.39, 0.29) is 30.3 Å². The van der Waals surface area contributed by atoms with Crippen molar-refractivity contribution in [3.8, 4) is 0 Å². The number of hydrogen-bond donors (Lipinski definition) is 2. The minimum Gasteiger partial charge on any atom is -0.351 e. The van der Waals surface area contributed by atoms with Gasteiger partial charge in [0.2, 0.25) is 5.91 Å². The summed E-state index contributed by atoms with van der Waals surface area (Å²) >= 11 is 0. The standard InChI is InChI=1S/C19H28N2O.ClH/c20-13-18(15-8-2-1-3-9-15)21-19(22)17-12-6-10-14-7-4-5-11-16(14)17;/h4-5,7,11,15,17-18H,1-3,6,8-10,12-13,20H2,(H,21,22);1H. The number of carbonyl (C=O) groups excluding carboxylic acids is 1. The number of nitrogens with one attached hydrogen (secondary N) is 1. The maximum atomic E-state index is 12.8. The second-order valence-electron chi connectivity index (χ2n) is 6.89. The van der Waals surface area contributed by atoms with E-state index in [9.17, 15) is 4.79 Å². The molecule has 2 aliphatic carbocycles. The van der Waals surface area contributed by atoms with Crippen LogP contribution in [-0.2, 0) is 11.2 Å². The monoisotopic (exact) mass is 336 g/mol. The third-order valence-corrected chi connectivity index (χ3v) is 5.49. The molecule has 3 N–H and O–H groups in total. The van der Waals surface area contributed by atoms with E-state index < -0.39 is 0 Å². The Hall–Kier alpha value is -1.06. The second-order valence-corrected chi connectivity index (χ2v) is 6.89. The average Bonchev–Trinajstić information content (AvgIpc) is 2.59. The highest BCUT2D eigenvalue weighted by Gasteiger charge is 2.30. The van der Waals surface area contributed by atoms with Crippen LogP contribution in [0.5, 0.6) is 0 Å². The molecule has 0 bridgehead atoms. The first kappa shape index (κ1) is 18.3. The summed E-state index contributed by atoms with van der Waals surface area (Å²) in [5.74, 6) is 0.775. The summed E-state index contributed by atoms with van der Waals surface area (Å²) in [5, 5.41) is 3.28. The molecule has 1 amide bonds. The zero-order valence-electron chi connectivity index (χ0n) is 13.8. The van der Waals surface area contributed by atoms with Crippen LogP contribution < -0.4 is 11.1 Å². The van der Waals surface area contributed by atoms with Crippen molar-refractivity contribution in [2.24, 2.45) is 11.7 Å². The van der Waals surface area contributed by atoms with Crippen molar-refractivity contribution in [1.29, 1.82) is 0 Å². The molecule has 0 heterocycles. The van der Waals surface area contributed by atoms with Crippen molar-refractivity contribution in [3.05, 3.63) is 35.4 Å². The molecular weight excluding hydrogens is 308 g/mol. The van der Waals surface area contributed by atoms with E-state index in [2.05, 4.69) is 23.5 Å². The Balaban J connectivity index is 0.00000192. The Morgan fingerprint density at radius 2 is 1.87 bits per heavy atom. The Morgan fingerprint density at radius 3 is 2.61 bits per heavy atom. The summed E-state index contributed by atoms with van der Waals surface area (Å²) in [7, 11) is 0. The molecule has 0 aromatic heterocycles. The highest BCUT2D eigenvalue weighted by atomic mass is 35.5. The smallest absolute Gasteiger partial charge is 0.227 e. The summed E-state index contributed by atoms with van der Waals surface area (Å²) in [6.07, 6.45) is 9.48. The van der Waals surface area contributed by atoms with Gasteiger partial charge in [-0.2, -0.15) is 0 Å². The highest BCUT2D eigenvalue weighted by Crippen LogP contribution is 2.32. The van der Waals surface area contributed by atoms with Crippen LogP contribution in [0.1, 0.15) is 62.0 Å². The SMILES string of the molecule is Cl.NCC(NC(=O)C1CCCc2ccccc21)C1CCCCC1. The predicted molar refractivity (Wildman–Crippen MR) is 96.9 cm³/mol. The lowest BCUT2D eigenvalue weighted by Crippen LogP contribution is -2.47. The number of aryl methyl sites for hydroxylation is 1. The molecular formula is C19H29ClN2O. The lowest BCUT2D eigenvalue weighted by molar-refractivity contribution is -0.124. The highest BCUT2D eigenvalue weighted by molar-refractivity contribution is 5.85. The molecule has 2 aliphatic rings. The number of hydrogen-bond acceptors (Lipinski definition) is 2. The van der Waals surface area contributed by atoms with E-state index in [0.29, 0.717) is 12.5 Å². The van der Waals surface area contributed by atoms with E-state index >= 15 is 0 Å². The molecule has 3 rings (SSSR count). The van der Waals surface area contributed by atoms with E-state index in [1.165, 1.54) is 43.2 Å². The normalized spacial score (nSPS) is 22.6. The van der Waals surface area contributed by atoms with Gasteiger partial charge in [0.05, 0.1) is 5.92 Å². The fourth-order valence-corrected chi connectivity index (χ4v) is 4.22. The van der Waals surface area contributed by atoms with Crippen LogP contribution in [-0.4, -0.2) is 18.5 Å². The first-order valence-electron chi connectivity index (χ1n) is 8.88. The fourth-order valence-electron chi connectivity index (χ4n) is 4.22. The topological polar surface area (TPSA) is 55.1 Å². The molecule has 2 unspecified atom stereocenters. The molecule has 128 valence electrons. The van der Waals surface area contributed by atoms with Crippen molar-refractivity contribution in [2.45, 2.75) is 63.3 Å². The van der Waals surface area contributed by atoms with Gasteiger partial charge in [-0.25, -0.2) is 0 Å². The largest absolute Gasteiger partial charge is 0.351 e. The fraction of sp³-hybridized carbons (Fsp3) is 0.632. The molecule has 3 nitrogen and oxygen atoms in total. The van der Waals surface area contributed by atoms with E-state index in [4.69, 9.17) is 5.73 Å². The van der Waals surface area contributed by atoms with E-state index in [1.54, 1.807) is 0 Å². The molecule has 0 saturated heterocycles. The summed E-state index contributed by atoms with van der Waals surface area (Å²) in [5.41, 5.74) is 8.53. The molecule has 4 heteroatoms. The van der Waals surface area contributed by atoms with Gasteiger partial charge in [-0.1, -0.05) is 43.5 Å². The summed E-state index contributed by atoms with van der Waals surface area (Å²) in [6.45, 7) is 0.560. The van der Waals surface area contributed by atoms with Gasteiger partial charge in [-0.05, 0) is 49.1 Å². The second kappa shape index (κ2) is 8.70. The molecule has 1 aromatic carbocycles. The number of halogens is 1. The number of carbonyl (C=O) groups is 1. The molecule has 0 aliphatic heterocycles. The number of rotatable bonds is 4. The Labute approximate surface area is 145 Å². The Bertz CT molecular complexity index is 514. The van der Waals surface area contributed by atoms with Crippen LogP contribution in [0, 0.1) is 5.92 Å². The molecule has 1 saturated carbocycles. The maximum absolute atomic E-state index is 12.8. The van der Waals surface area contributed by atoms with Crippen molar-refractivity contribution >= 4 is 18.3 Å². The van der Waals surface area contributed by atoms with Gasteiger partial charge in [0, 0.05) is 12.6 Å². The van der Waals surface area contributed by atoms with Gasteiger partial charge in [0.15, 0.2) is 0 Å². The van der Waals surface area contributed by atoms with Crippen LogP contribution in [0.15, 0.2) is 24.3 Å². The first-order valence-corrected chi connectivity index (χ1v) is 8.88. The van der Waals surface area contributed by atoms with Gasteiger partial charge in [0.1, 0.15) is 0 Å². The molecule has 2 atom stereocenters. The number of benzene rings is 1. The quantitative estimate of drug-likeness (QED) is 0.883. The van der Waals surface area contributed by atoms with Crippen LogP contribution in [0.25, 0.3) is 0 Å². The maximum Gasteiger partial charge on any atom is 0.227 e. The molecule has 1 fully saturated rings. The zero-order valence-corrected chi connectivity index (χ0v) is 14.6. The van der Waals surface area contributed by atoms with Gasteiger partial charge in [-0.3, -0.25) is 4.79 Å². The summed E-state index contributed by atoms with van der Waals surface area (Å²) in [4.78, 5) is 12.8. The van der Waals surface area contributed by atoms with Gasteiger partial charge in [0.25, 0.3) is 0 Å². The molecule has 1 aromatic rings. The lowest BCUT2D eigenvalue weighted by Gasteiger charge is -2.32. The van der Waals surface area contributed by atoms with Crippen LogP contribution >= 0.6 is 12.4 Å². The van der Waals surface area contributed by atoms with Crippen molar-refractivity contribution in [2.75, 3.05) is 6.54 Å². The van der Waals surface area contributed by atoms with Gasteiger partial charge in [-0.15, -0.1) is 12.4 Å². The Kier molecular flexibility index (Phi) is 6.91. The number of nitrogens with two attached hydrogens (primary N) is 1. The number of fused-ring (bicyclic) bond motifs is 1. The van der Waals surface area contributed by atoms with Crippen molar-refractivity contribution in [1.82, 2.24) is 5.32 Å². The molecule has 23 heavy (non-hydrogen) atoms. The third kappa shape index (κ3) is 4.27. The van der Waals surface area contributed by atoms with Crippen LogP contribution in [0.4, 0.5) is 0 Å². The molecule has 0 radical (unpaired) electrons. The molecule has 0 spiro atoms. The van der Waals surface area contributed by atoms with Crippen LogP contribution in [0.3, 0.4) is 0 Å². The number of amides is 1. The zero-order chi connectivity index (χ0) is 15.4. The van der Waals surface area contributed by atoms with Crippen LogP contribution in [0.2, 0.25) is 0 Å². The predicted octanol–water partition coefficient (Wildman–Crippen LogP) is 3.55. The minimum absolute atomic E-state index is 0. The first-order chi connectivity index (χ1) is 10.8. The van der Waals surface area contributed by atoms with E-state index in [0.717, 1.165) is 19.3 Å². The van der Waals surface area contributed by atoms with Gasteiger partial charge >= 0.3 is 0 Å². The Morgan fingerprint density at radius 1 is 1.13 bits per heavy atom. The summed E-state index contributed by atoms with van der Waals surface area (Å²) < 4.78 is 0. The average molecular weight is 337 g/mol. The summed E-state index contributed by atoms with van der Waals surface area (Å²) in [6, 6.07) is 8.56. The van der Waals surface area contributed by atoms with E-state index in [1.807, 2.05) is 6.07 Å². The van der Waals surface area contributed by atoms with Crippen molar-refractivity contribution in [3.63, 3.8) is 0 Å². The minimum atomic E-state index is 0. The third-order valence-electron chi connectivity index (χ3n) is 5.49. The lowest BCUT2D eigenvalue weighted by atomic mass is 9.81. The van der Waals surface area contributed by atoms with Gasteiger partial charge < -0.3 is 11.1 Å². The van der Waals surface area contributed by atoms with Crippen molar-refractivity contribution < 1.29 is 4.79 Å².